The van der Waals surface area contributed by atoms with Gasteiger partial charge < -0.3 is 46.2 Å². The van der Waals surface area contributed by atoms with E-state index < -0.39 is 0 Å². The van der Waals surface area contributed by atoms with E-state index in [2.05, 4.69) is 25.6 Å². The molecule has 1 radical (unpaired) electrons. The van der Waals surface area contributed by atoms with Crippen LogP contribution in [0, 0.1) is 20.8 Å². The van der Waals surface area contributed by atoms with Crippen LogP contribution in [0.2, 0.25) is 0 Å². The second-order valence-electron chi connectivity index (χ2n) is 3.94. The van der Waals surface area contributed by atoms with Crippen LogP contribution in [0.25, 0.3) is 0 Å². The normalized spacial score (nSPS) is 11.1. The second-order valence-corrected chi connectivity index (χ2v) is 3.94. The summed E-state index contributed by atoms with van der Waals surface area (Å²) in [4.78, 5) is 12.5. The van der Waals surface area contributed by atoms with Crippen molar-refractivity contribution in [1.29, 1.82) is 0 Å². The van der Waals surface area contributed by atoms with Gasteiger partial charge in [0.25, 0.3) is 0 Å². The van der Waals surface area contributed by atoms with Crippen molar-refractivity contribution in [2.75, 3.05) is 0 Å². The predicted molar refractivity (Wildman–Crippen MR) is 102 cm³/mol. The Morgan fingerprint density at radius 2 is 0.962 bits per heavy atom. The average molecular weight is 409 g/mol. The molecule has 0 bridgehead atoms. The van der Waals surface area contributed by atoms with Gasteiger partial charge in [0.15, 0.2) is 0 Å². The van der Waals surface area contributed by atoms with E-state index in [0.717, 1.165) is 0 Å². The molecule has 0 unspecified atom stereocenters. The van der Waals surface area contributed by atoms with Crippen LogP contribution in [0.5, 0.6) is 0 Å². The van der Waals surface area contributed by atoms with Crippen LogP contribution < -0.4 is 0 Å². The first-order valence-corrected chi connectivity index (χ1v) is 6.68. The third-order valence-corrected chi connectivity index (χ3v) is 2.16. The van der Waals surface area contributed by atoms with Gasteiger partial charge >= 0.3 is 0 Å². The monoisotopic (exact) mass is 409 g/mol. The molecular weight excluding hydrogens is 389 g/mol. The summed E-state index contributed by atoms with van der Waals surface area (Å²) in [6.45, 7) is 7.06. The molecule has 10 nitrogen and oxygen atoms in total. The Labute approximate surface area is 162 Å². The van der Waals surface area contributed by atoms with Gasteiger partial charge in [-0.25, -0.2) is 0 Å². The summed E-state index contributed by atoms with van der Waals surface area (Å²) in [5.41, 5.74) is 0.556. The van der Waals surface area contributed by atoms with Gasteiger partial charge in [0.1, 0.15) is 0 Å². The molecule has 1 heterocycles. The molecule has 0 aliphatic heterocycles. The van der Waals surface area contributed by atoms with Gasteiger partial charge in [-0.1, -0.05) is 6.07 Å². The zero-order valence-electron chi connectivity index (χ0n) is 15.0. The SMILES string of the molecule is CC(=N[O-])C(C)=N[O-].CC(=N[O-])C(C)=N[O-].C[C-]=O.[Co].c1ccncc1. The molecule has 0 aliphatic carbocycles. The van der Waals surface area contributed by atoms with Crippen molar-refractivity contribution in [2.45, 2.75) is 34.6 Å². The van der Waals surface area contributed by atoms with Crippen LogP contribution in [0.4, 0.5) is 0 Å². The largest absolute Gasteiger partial charge is 0.792 e. The van der Waals surface area contributed by atoms with Gasteiger partial charge in [-0.15, -0.1) is 0 Å². The number of nitrogens with zero attached hydrogens (tertiary/aromatic N) is 5. The van der Waals surface area contributed by atoms with Gasteiger partial charge in [-0.2, -0.15) is 6.92 Å². The second kappa shape index (κ2) is 24.5. The molecule has 1 aromatic heterocycles. The fourth-order valence-corrected chi connectivity index (χ4v) is 0.577. The van der Waals surface area contributed by atoms with E-state index in [4.69, 9.17) is 4.79 Å². The smallest absolute Gasteiger partial charge is 0.0465 e. The first-order chi connectivity index (χ1) is 11.9. The molecule has 11 heteroatoms. The van der Waals surface area contributed by atoms with Crippen molar-refractivity contribution in [3.8, 4) is 0 Å². The summed E-state index contributed by atoms with van der Waals surface area (Å²) >= 11 is 0. The minimum Gasteiger partial charge on any atom is -0.792 e. The Hall–Kier alpha value is -2.79. The minimum atomic E-state index is 0. The summed E-state index contributed by atoms with van der Waals surface area (Å²) in [6, 6.07) is 5.72. The molecule has 0 fully saturated rings. The zero-order chi connectivity index (χ0) is 20.1. The molecule has 0 aliphatic rings. The van der Waals surface area contributed by atoms with Crippen molar-refractivity contribution in [3.63, 3.8) is 0 Å². The number of hydrogen-bond donors (Lipinski definition) is 0. The zero-order valence-corrected chi connectivity index (χ0v) is 16.0. The number of aromatic nitrogens is 1. The molecule has 0 N–H and O–H groups in total. The molecule has 1 aromatic rings. The fraction of sp³-hybridized carbons (Fsp3) is 0.333. The van der Waals surface area contributed by atoms with Gasteiger partial charge in [0.05, 0.1) is 0 Å². The Morgan fingerprint density at radius 1 is 0.731 bits per heavy atom. The number of rotatable bonds is 2. The maximum atomic E-state index is 9.60. The van der Waals surface area contributed by atoms with E-state index in [9.17, 15) is 20.8 Å². The van der Waals surface area contributed by atoms with Crippen LogP contribution in [-0.4, -0.2) is 34.1 Å². The van der Waals surface area contributed by atoms with Crippen molar-refractivity contribution in [1.82, 2.24) is 4.98 Å². The summed E-state index contributed by atoms with van der Waals surface area (Å²) in [7, 11) is 0. The van der Waals surface area contributed by atoms with Crippen LogP contribution in [0.3, 0.4) is 0 Å². The van der Waals surface area contributed by atoms with Crippen molar-refractivity contribution < 1.29 is 21.6 Å². The first kappa shape index (κ1) is 31.0. The maximum absolute atomic E-state index is 9.60. The number of hydrogen-bond acceptors (Lipinski definition) is 10. The Balaban J connectivity index is -0.000000128. The molecule has 1 rings (SSSR count). The summed E-state index contributed by atoms with van der Waals surface area (Å²) in [5, 5.41) is 48.4. The van der Waals surface area contributed by atoms with Crippen LogP contribution >= 0.6 is 0 Å². The van der Waals surface area contributed by atoms with E-state index in [-0.39, 0.29) is 39.6 Å². The average Bonchev–Trinajstić information content (AvgIpc) is 2.68. The quantitative estimate of drug-likeness (QED) is 0.412. The fourth-order valence-electron chi connectivity index (χ4n) is 0.577. The van der Waals surface area contributed by atoms with Crippen LogP contribution in [-0.2, 0) is 21.6 Å². The molecule has 0 amide bonds. The Kier molecular flexibility index (Phi) is 29.2. The Morgan fingerprint density at radius 3 is 1.04 bits per heavy atom. The molecule has 26 heavy (non-hydrogen) atoms. The first-order valence-electron chi connectivity index (χ1n) is 6.68. The van der Waals surface area contributed by atoms with Gasteiger partial charge in [-0.3, -0.25) is 11.3 Å². The number of pyridine rings is 1. The van der Waals surface area contributed by atoms with E-state index in [0.29, 0.717) is 0 Å². The molecular formula is C15H20CoN5O5-5. The van der Waals surface area contributed by atoms with Gasteiger partial charge in [-0.05, 0) is 39.8 Å². The van der Waals surface area contributed by atoms with Crippen molar-refractivity contribution in [2.24, 2.45) is 20.6 Å². The van der Waals surface area contributed by atoms with Crippen LogP contribution in [0.1, 0.15) is 34.6 Å². The molecule has 0 spiro atoms. The summed E-state index contributed by atoms with van der Waals surface area (Å²) in [5.74, 6) is 0. The van der Waals surface area contributed by atoms with Gasteiger partial charge in [0.2, 0.25) is 0 Å². The van der Waals surface area contributed by atoms with Gasteiger partial charge in [0, 0.05) is 52.0 Å². The molecule has 0 atom stereocenters. The van der Waals surface area contributed by atoms with Crippen molar-refractivity contribution in [3.05, 3.63) is 51.4 Å². The third-order valence-electron chi connectivity index (χ3n) is 2.16. The number of carbonyl (C=O) groups excluding carboxylic acids is 1. The van der Waals surface area contributed by atoms with E-state index >= 15 is 0 Å². The molecule has 0 saturated carbocycles. The predicted octanol–water partition coefficient (Wildman–Crippen LogP) is 3.00. The van der Waals surface area contributed by atoms with Crippen molar-refractivity contribution >= 4 is 29.1 Å². The van der Waals surface area contributed by atoms with E-state index in [1.54, 1.807) is 12.4 Å². The standard InChI is InChI=1S/C5H5N.2C4H8N2O2.C2H3O.Co/c1-2-4-6-5-3-1;2*1-3(5-7)4(2)6-8;1-2-3;/h1-5H;2*7-8H,1-2H3;1H3;/q;;;-1;/p-4. The van der Waals surface area contributed by atoms with E-state index in [1.165, 1.54) is 40.9 Å². The summed E-state index contributed by atoms with van der Waals surface area (Å²) in [6.07, 6.45) is 5.00. The minimum absolute atomic E-state index is 0. The molecule has 0 saturated heterocycles. The maximum Gasteiger partial charge on any atom is 0.0465 e. The molecule has 0 aromatic carbocycles. The third kappa shape index (κ3) is 23.5. The Bertz CT molecular complexity index is 472. The molecule has 149 valence electrons. The summed E-state index contributed by atoms with van der Waals surface area (Å²) < 4.78 is 0. The van der Waals surface area contributed by atoms with Crippen LogP contribution in [0.15, 0.2) is 51.2 Å². The topological polar surface area (TPSA) is 172 Å². The van der Waals surface area contributed by atoms with E-state index in [1.807, 2.05) is 18.2 Å².